The molecule has 0 aromatic heterocycles. The van der Waals surface area contributed by atoms with Crippen molar-refractivity contribution in [3.63, 3.8) is 0 Å². The van der Waals surface area contributed by atoms with E-state index in [1.54, 1.807) is 0 Å². The summed E-state index contributed by atoms with van der Waals surface area (Å²) in [5.41, 5.74) is 4.40. The first-order valence-corrected chi connectivity index (χ1v) is 6.75. The molecule has 0 spiro atoms. The fourth-order valence-electron chi connectivity index (χ4n) is 2.50. The summed E-state index contributed by atoms with van der Waals surface area (Å²) in [7, 11) is 0. The third kappa shape index (κ3) is 2.47. The molecule has 0 saturated carbocycles. The van der Waals surface area contributed by atoms with Crippen LogP contribution in [0.5, 0.6) is 0 Å². The summed E-state index contributed by atoms with van der Waals surface area (Å²) in [5.74, 6) is -0.128. The van der Waals surface area contributed by atoms with Gasteiger partial charge >= 0.3 is 5.97 Å². The zero-order chi connectivity index (χ0) is 13.0. The van der Waals surface area contributed by atoms with Crippen molar-refractivity contribution in [2.45, 2.75) is 46.1 Å². The van der Waals surface area contributed by atoms with Gasteiger partial charge in [0.1, 0.15) is 6.61 Å². The number of hydrogen-bond acceptors (Lipinski definition) is 2. The van der Waals surface area contributed by atoms with Gasteiger partial charge in [0.25, 0.3) is 0 Å². The molecule has 2 rings (SSSR count). The van der Waals surface area contributed by atoms with Crippen molar-refractivity contribution in [3.05, 3.63) is 41.0 Å². The molecule has 1 aromatic rings. The summed E-state index contributed by atoms with van der Waals surface area (Å²) in [6, 6.07) is 8.19. The number of rotatable bonds is 4. The second-order valence-electron chi connectivity index (χ2n) is 4.69. The van der Waals surface area contributed by atoms with E-state index in [4.69, 9.17) is 4.74 Å². The summed E-state index contributed by atoms with van der Waals surface area (Å²) in [6.45, 7) is 4.64. The number of hydrogen-bond donors (Lipinski definition) is 0. The standard InChI is InChI=1S/C16H20O2/c1-3-7-14-13-10-6-5-9-12(13)11-18-16(17)15(14)8-4-2/h5-6,9-10H,3-4,7-8,11H2,1-2H3. The van der Waals surface area contributed by atoms with E-state index >= 15 is 0 Å². The van der Waals surface area contributed by atoms with E-state index in [0.29, 0.717) is 6.61 Å². The molecule has 0 fully saturated rings. The van der Waals surface area contributed by atoms with Crippen molar-refractivity contribution in [2.75, 3.05) is 0 Å². The molecule has 1 heterocycles. The predicted octanol–water partition coefficient (Wildman–Crippen LogP) is 4.10. The summed E-state index contributed by atoms with van der Waals surface area (Å²) in [6.07, 6.45) is 3.77. The highest BCUT2D eigenvalue weighted by molar-refractivity contribution is 5.98. The number of allylic oxidation sites excluding steroid dienone is 1. The normalized spacial score (nSPS) is 15.1. The minimum Gasteiger partial charge on any atom is -0.457 e. The van der Waals surface area contributed by atoms with E-state index in [1.165, 1.54) is 11.1 Å². The molecule has 0 N–H and O–H groups in total. The number of fused-ring (bicyclic) bond motifs is 1. The van der Waals surface area contributed by atoms with Gasteiger partial charge in [0.15, 0.2) is 0 Å². The third-order valence-electron chi connectivity index (χ3n) is 3.31. The smallest absolute Gasteiger partial charge is 0.334 e. The van der Waals surface area contributed by atoms with E-state index in [9.17, 15) is 4.79 Å². The molecule has 0 amide bonds. The molecular formula is C16H20O2. The van der Waals surface area contributed by atoms with E-state index < -0.39 is 0 Å². The summed E-state index contributed by atoms with van der Waals surface area (Å²) in [4.78, 5) is 12.1. The monoisotopic (exact) mass is 244 g/mol. The van der Waals surface area contributed by atoms with Crippen LogP contribution in [0.1, 0.15) is 50.7 Å². The van der Waals surface area contributed by atoms with Crippen LogP contribution in [0.3, 0.4) is 0 Å². The van der Waals surface area contributed by atoms with Gasteiger partial charge < -0.3 is 4.74 Å². The Balaban J connectivity index is 2.55. The molecule has 0 radical (unpaired) electrons. The molecule has 96 valence electrons. The van der Waals surface area contributed by atoms with Crippen molar-refractivity contribution in [1.29, 1.82) is 0 Å². The van der Waals surface area contributed by atoms with Gasteiger partial charge in [0.05, 0.1) is 0 Å². The SMILES string of the molecule is CCCC1=C(CCC)c2ccccc2COC1=O. The fraction of sp³-hybridized carbons (Fsp3) is 0.438. The molecule has 0 unspecified atom stereocenters. The van der Waals surface area contributed by atoms with Crippen LogP contribution in [0.25, 0.3) is 5.57 Å². The molecule has 2 heteroatoms. The van der Waals surface area contributed by atoms with Crippen molar-refractivity contribution < 1.29 is 9.53 Å². The molecule has 1 aromatic carbocycles. The highest BCUT2D eigenvalue weighted by atomic mass is 16.5. The predicted molar refractivity (Wildman–Crippen MR) is 73.0 cm³/mol. The Bertz CT molecular complexity index is 472. The molecule has 0 bridgehead atoms. The van der Waals surface area contributed by atoms with Crippen LogP contribution in [0.15, 0.2) is 29.8 Å². The minimum absolute atomic E-state index is 0.128. The van der Waals surface area contributed by atoms with Crippen molar-refractivity contribution in [2.24, 2.45) is 0 Å². The van der Waals surface area contributed by atoms with Gasteiger partial charge in [-0.2, -0.15) is 0 Å². The Morgan fingerprint density at radius 1 is 1.06 bits per heavy atom. The Morgan fingerprint density at radius 3 is 2.44 bits per heavy atom. The Kier molecular flexibility index (Phi) is 4.19. The first kappa shape index (κ1) is 12.9. The number of esters is 1. The number of ether oxygens (including phenoxy) is 1. The molecule has 0 atom stereocenters. The molecule has 1 aliphatic rings. The maximum atomic E-state index is 12.1. The second kappa shape index (κ2) is 5.85. The van der Waals surface area contributed by atoms with Crippen LogP contribution < -0.4 is 0 Å². The van der Waals surface area contributed by atoms with Gasteiger partial charge in [-0.05, 0) is 29.5 Å². The molecular weight excluding hydrogens is 224 g/mol. The van der Waals surface area contributed by atoms with Crippen LogP contribution in [-0.2, 0) is 16.1 Å². The Morgan fingerprint density at radius 2 is 1.72 bits per heavy atom. The van der Waals surface area contributed by atoms with Gasteiger partial charge in [-0.1, -0.05) is 51.0 Å². The van der Waals surface area contributed by atoms with Crippen molar-refractivity contribution in [3.8, 4) is 0 Å². The highest BCUT2D eigenvalue weighted by Crippen LogP contribution is 2.32. The lowest BCUT2D eigenvalue weighted by Crippen LogP contribution is -2.06. The van der Waals surface area contributed by atoms with Crippen molar-refractivity contribution >= 4 is 11.5 Å². The number of benzene rings is 1. The van der Waals surface area contributed by atoms with Gasteiger partial charge in [-0.3, -0.25) is 0 Å². The lowest BCUT2D eigenvalue weighted by atomic mass is 9.91. The summed E-state index contributed by atoms with van der Waals surface area (Å²) >= 11 is 0. The van der Waals surface area contributed by atoms with E-state index in [1.807, 2.05) is 18.2 Å². The Hall–Kier alpha value is -1.57. The highest BCUT2D eigenvalue weighted by Gasteiger charge is 2.22. The minimum atomic E-state index is -0.128. The average Bonchev–Trinajstić information content (AvgIpc) is 2.52. The quantitative estimate of drug-likeness (QED) is 0.745. The van der Waals surface area contributed by atoms with Crippen LogP contribution >= 0.6 is 0 Å². The molecule has 0 saturated heterocycles. The largest absolute Gasteiger partial charge is 0.457 e. The molecule has 1 aliphatic heterocycles. The Labute approximate surface area is 109 Å². The fourth-order valence-corrected chi connectivity index (χ4v) is 2.50. The van der Waals surface area contributed by atoms with E-state index in [2.05, 4.69) is 19.9 Å². The van der Waals surface area contributed by atoms with Crippen LogP contribution in [-0.4, -0.2) is 5.97 Å². The molecule has 2 nitrogen and oxygen atoms in total. The van der Waals surface area contributed by atoms with Crippen LogP contribution in [0.4, 0.5) is 0 Å². The van der Waals surface area contributed by atoms with Crippen LogP contribution in [0.2, 0.25) is 0 Å². The molecule has 18 heavy (non-hydrogen) atoms. The van der Waals surface area contributed by atoms with Crippen molar-refractivity contribution in [1.82, 2.24) is 0 Å². The number of carbonyl (C=O) groups is 1. The third-order valence-corrected chi connectivity index (χ3v) is 3.31. The first-order valence-electron chi connectivity index (χ1n) is 6.75. The van der Waals surface area contributed by atoms with Crippen LogP contribution in [0, 0.1) is 0 Å². The second-order valence-corrected chi connectivity index (χ2v) is 4.69. The zero-order valence-electron chi connectivity index (χ0n) is 11.2. The van der Waals surface area contributed by atoms with Gasteiger partial charge in [-0.25, -0.2) is 4.79 Å². The van der Waals surface area contributed by atoms with Gasteiger partial charge in [0.2, 0.25) is 0 Å². The number of cyclic esters (lactones) is 1. The first-order chi connectivity index (χ1) is 8.77. The topological polar surface area (TPSA) is 26.3 Å². The van der Waals surface area contributed by atoms with E-state index in [0.717, 1.165) is 36.8 Å². The average molecular weight is 244 g/mol. The lowest BCUT2D eigenvalue weighted by molar-refractivity contribution is -0.140. The lowest BCUT2D eigenvalue weighted by Gasteiger charge is -2.11. The maximum absolute atomic E-state index is 12.1. The van der Waals surface area contributed by atoms with E-state index in [-0.39, 0.29) is 5.97 Å². The van der Waals surface area contributed by atoms with Gasteiger partial charge in [-0.15, -0.1) is 0 Å². The summed E-state index contributed by atoms with van der Waals surface area (Å²) < 4.78 is 5.37. The zero-order valence-corrected chi connectivity index (χ0v) is 11.2. The number of carbonyl (C=O) groups excluding carboxylic acids is 1. The summed E-state index contributed by atoms with van der Waals surface area (Å²) in [5, 5.41) is 0. The molecule has 0 aliphatic carbocycles. The van der Waals surface area contributed by atoms with Gasteiger partial charge in [0, 0.05) is 5.57 Å². The maximum Gasteiger partial charge on any atom is 0.334 e.